The number of carbonyl (C=O) groups is 2. The monoisotopic (exact) mass is 827 g/mol. The van der Waals surface area contributed by atoms with Crippen LogP contribution in [-0.2, 0) is 16.0 Å². The van der Waals surface area contributed by atoms with Gasteiger partial charge in [0.05, 0.1) is 25.1 Å². The van der Waals surface area contributed by atoms with E-state index in [1.807, 2.05) is 24.3 Å². The van der Waals surface area contributed by atoms with Crippen molar-refractivity contribution in [3.63, 3.8) is 0 Å². The lowest BCUT2D eigenvalue weighted by Crippen LogP contribution is -2.49. The van der Waals surface area contributed by atoms with Gasteiger partial charge < -0.3 is 36.4 Å². The number of allylic oxidation sites excluding steroid dienone is 2. The number of ether oxygens (including phenoxy) is 1. The molecule has 0 bridgehead atoms. The first-order valence-electron chi connectivity index (χ1n) is 23.0. The average Bonchev–Trinajstić information content (AvgIpc) is 3.32. The molecule has 0 radical (unpaired) electrons. The van der Waals surface area contributed by atoms with E-state index in [4.69, 9.17) is 10.5 Å². The molecule has 2 saturated carbocycles. The van der Waals surface area contributed by atoms with Gasteiger partial charge in [0.25, 0.3) is 0 Å². The van der Waals surface area contributed by atoms with E-state index in [-0.39, 0.29) is 29.8 Å². The van der Waals surface area contributed by atoms with E-state index in [0.717, 1.165) is 78.1 Å². The number of aryl methyl sites for hydroxylation is 1. The van der Waals surface area contributed by atoms with E-state index < -0.39 is 17.6 Å². The zero-order valence-electron chi connectivity index (χ0n) is 36.1. The van der Waals surface area contributed by atoms with Crippen LogP contribution < -0.4 is 21.1 Å². The number of rotatable bonds is 12. The summed E-state index contributed by atoms with van der Waals surface area (Å²) in [6, 6.07) is 18.8. The highest BCUT2D eigenvalue weighted by atomic mass is 16.5. The number of aliphatic hydroxyl groups is 2. The molecule has 0 aromatic heterocycles. The predicted molar refractivity (Wildman–Crippen MR) is 240 cm³/mol. The molecule has 9 atom stereocenters. The predicted octanol–water partition coefficient (Wildman–Crippen LogP) is 7.86. The number of phenols is 1. The average molecular weight is 828 g/mol. The fourth-order valence-electron chi connectivity index (χ4n) is 11.4. The number of aromatic hydroxyl groups is 1. The van der Waals surface area contributed by atoms with Crippen LogP contribution in [0.5, 0.6) is 11.5 Å². The summed E-state index contributed by atoms with van der Waals surface area (Å²) in [6.07, 6.45) is 11.0. The highest BCUT2D eigenvalue weighted by Gasteiger charge is 2.47. The Bertz CT molecular complexity index is 2240. The Morgan fingerprint density at radius 1 is 0.984 bits per heavy atom. The van der Waals surface area contributed by atoms with E-state index >= 15 is 0 Å². The lowest BCUT2D eigenvalue weighted by molar-refractivity contribution is -0.134. The quantitative estimate of drug-likeness (QED) is 0.100. The van der Waals surface area contributed by atoms with Crippen molar-refractivity contribution in [2.24, 2.45) is 28.9 Å². The van der Waals surface area contributed by atoms with Gasteiger partial charge in [-0.05, 0) is 152 Å². The SMILES string of the molecule is CCC1=C([C@H](C[C@H](O)CC[C@H]2C#C[C@@]3(CC[C@H](CC[C@@H]4CN[C@@H]5CC(=O)CC[C@@H]5C4)C[C@H]3O)C(=O)CCc3cc(OC)c(O)cc32)c2ccc3ccccc3c2)C=C(N)NC1. The fourth-order valence-corrected chi connectivity index (χ4v) is 11.4. The Balaban J connectivity index is 1.01. The normalized spacial score (nSPS) is 28.9. The van der Waals surface area contributed by atoms with E-state index in [1.165, 1.54) is 12.7 Å². The van der Waals surface area contributed by atoms with Crippen LogP contribution in [0, 0.1) is 35.0 Å². The molecule has 8 rings (SSSR count). The molecular formula is C52H65N3O6. The number of Topliss-reactive ketones (excluding diaryl/α,β-unsaturated/α-hetero) is 2. The smallest absolute Gasteiger partial charge is 0.160 e. The van der Waals surface area contributed by atoms with Crippen LogP contribution in [0.3, 0.4) is 0 Å². The van der Waals surface area contributed by atoms with E-state index in [0.29, 0.717) is 99.1 Å². The minimum Gasteiger partial charge on any atom is -0.504 e. The third-order valence-electron chi connectivity index (χ3n) is 15.1. The lowest BCUT2D eigenvalue weighted by atomic mass is 9.64. The molecule has 3 aliphatic carbocycles. The highest BCUT2D eigenvalue weighted by Crippen LogP contribution is 2.46. The van der Waals surface area contributed by atoms with Gasteiger partial charge in [-0.15, -0.1) is 0 Å². The Morgan fingerprint density at radius 2 is 1.80 bits per heavy atom. The topological polar surface area (TPSA) is 154 Å². The summed E-state index contributed by atoms with van der Waals surface area (Å²) in [5.41, 5.74) is 10.5. The summed E-state index contributed by atoms with van der Waals surface area (Å²) in [6.45, 7) is 3.77. The Morgan fingerprint density at radius 3 is 2.61 bits per heavy atom. The molecule has 0 unspecified atom stereocenters. The van der Waals surface area contributed by atoms with Crippen molar-refractivity contribution < 1.29 is 29.6 Å². The number of methoxy groups -OCH3 is 1. The third-order valence-corrected chi connectivity index (χ3v) is 15.1. The summed E-state index contributed by atoms with van der Waals surface area (Å²) in [7, 11) is 1.52. The van der Waals surface area contributed by atoms with Crippen molar-refractivity contribution in [2.45, 2.75) is 133 Å². The number of dihydropyridines is 1. The number of aliphatic hydroxyl groups excluding tert-OH is 2. The van der Waals surface area contributed by atoms with Gasteiger partial charge in [-0.1, -0.05) is 67.6 Å². The second-order valence-electron chi connectivity index (χ2n) is 18.8. The van der Waals surface area contributed by atoms with Gasteiger partial charge in [-0.25, -0.2) is 0 Å². The van der Waals surface area contributed by atoms with Gasteiger partial charge in [0, 0.05) is 43.7 Å². The number of nitrogens with one attached hydrogen (secondary N) is 2. The van der Waals surface area contributed by atoms with E-state index in [9.17, 15) is 24.9 Å². The number of fused-ring (bicyclic) bond motifs is 3. The number of benzene rings is 3. The summed E-state index contributed by atoms with van der Waals surface area (Å²) >= 11 is 0. The first kappa shape index (κ1) is 43.0. The molecule has 0 amide bonds. The number of hydrogen-bond acceptors (Lipinski definition) is 9. The molecule has 5 aliphatic rings. The molecule has 3 aromatic carbocycles. The Kier molecular flexibility index (Phi) is 13.3. The van der Waals surface area contributed by atoms with E-state index in [2.05, 4.69) is 59.7 Å². The van der Waals surface area contributed by atoms with Crippen LogP contribution in [-0.4, -0.2) is 65.3 Å². The van der Waals surface area contributed by atoms with Crippen LogP contribution in [0.25, 0.3) is 10.8 Å². The van der Waals surface area contributed by atoms with Crippen molar-refractivity contribution >= 4 is 22.3 Å². The summed E-state index contributed by atoms with van der Waals surface area (Å²) in [5, 5.41) is 44.3. The molecule has 7 N–H and O–H groups in total. The summed E-state index contributed by atoms with van der Waals surface area (Å²) in [4.78, 5) is 26.3. The molecule has 9 nitrogen and oxygen atoms in total. The van der Waals surface area contributed by atoms with Crippen LogP contribution in [0.2, 0.25) is 0 Å². The first-order chi connectivity index (χ1) is 29.5. The van der Waals surface area contributed by atoms with Gasteiger partial charge in [0.15, 0.2) is 17.3 Å². The fraction of sp³-hybridized carbons (Fsp3) is 0.538. The van der Waals surface area contributed by atoms with E-state index in [1.54, 1.807) is 6.07 Å². The van der Waals surface area contributed by atoms with Gasteiger partial charge in [0.2, 0.25) is 0 Å². The van der Waals surface area contributed by atoms with Crippen molar-refractivity contribution in [2.75, 3.05) is 20.2 Å². The molecule has 61 heavy (non-hydrogen) atoms. The molecule has 1 saturated heterocycles. The first-order valence-corrected chi connectivity index (χ1v) is 23.0. The maximum atomic E-state index is 14.3. The third kappa shape index (κ3) is 9.43. The molecule has 1 spiro atoms. The molecular weight excluding hydrogens is 763 g/mol. The minimum absolute atomic E-state index is 0.0146. The molecule has 2 aliphatic heterocycles. The zero-order chi connectivity index (χ0) is 42.7. The number of ketones is 2. The van der Waals surface area contributed by atoms with Crippen molar-refractivity contribution in [1.82, 2.24) is 10.6 Å². The number of piperidine rings is 1. The second-order valence-corrected chi connectivity index (χ2v) is 18.8. The maximum absolute atomic E-state index is 14.3. The minimum atomic E-state index is -1.15. The highest BCUT2D eigenvalue weighted by molar-refractivity contribution is 5.89. The van der Waals surface area contributed by atoms with Crippen molar-refractivity contribution in [3.8, 4) is 23.3 Å². The molecule has 3 aromatic rings. The van der Waals surface area contributed by atoms with Gasteiger partial charge in [-0.3, -0.25) is 9.59 Å². The molecule has 324 valence electrons. The molecule has 3 fully saturated rings. The number of nitrogens with two attached hydrogens (primary N) is 1. The van der Waals surface area contributed by atoms with Gasteiger partial charge in [0.1, 0.15) is 11.2 Å². The van der Waals surface area contributed by atoms with Crippen molar-refractivity contribution in [1.29, 1.82) is 0 Å². The van der Waals surface area contributed by atoms with Crippen LogP contribution in [0.15, 0.2) is 77.6 Å². The van der Waals surface area contributed by atoms with Gasteiger partial charge >= 0.3 is 0 Å². The summed E-state index contributed by atoms with van der Waals surface area (Å²) < 4.78 is 5.52. The molecule has 9 heteroatoms. The number of phenolic OH excluding ortho intramolecular Hbond substituents is 1. The summed E-state index contributed by atoms with van der Waals surface area (Å²) in [5.74, 6) is 9.29. The number of carbonyl (C=O) groups excluding carboxylic acids is 2. The Labute approximate surface area is 361 Å². The second kappa shape index (κ2) is 18.8. The lowest BCUT2D eigenvalue weighted by Gasteiger charge is -2.42. The van der Waals surface area contributed by atoms with Crippen LogP contribution in [0.1, 0.15) is 125 Å². The van der Waals surface area contributed by atoms with Crippen LogP contribution in [0.4, 0.5) is 0 Å². The standard InChI is InChI=1S/C52H65N3O6/c1-3-34-31-55-51(53)29-45(34)44(38-11-10-35-6-4-5-7-37(35)24-38)26-41(56)15-12-36-19-21-52(49(59)17-14-39-25-48(61-2)47(58)28-43(36)39)20-18-32(23-50(52)60)8-9-33-22-40-13-16-42(57)27-46(40)54-30-33/h4-7,10-11,24-25,28-29,32-33,36,40-41,44,46,50,54-56,58,60H,3,8-9,12-18,20,22-23,26-27,30-31,53H2,1-2H3/t32-,33-,36-,40+,41+,44+,46+,50+,52-/m0/s1. The Hall–Kier alpha value is -4.62. The maximum Gasteiger partial charge on any atom is 0.160 e. The van der Waals surface area contributed by atoms with Crippen LogP contribution >= 0.6 is 0 Å². The largest absolute Gasteiger partial charge is 0.504 e. The number of hydrogen-bond donors (Lipinski definition) is 6. The zero-order valence-corrected chi connectivity index (χ0v) is 36.1. The molecule has 2 heterocycles. The van der Waals surface area contributed by atoms with Gasteiger partial charge in [-0.2, -0.15) is 0 Å². The van der Waals surface area contributed by atoms with Crippen molar-refractivity contribution in [3.05, 3.63) is 94.3 Å².